The van der Waals surface area contributed by atoms with Gasteiger partial charge in [-0.3, -0.25) is 10.1 Å². The average Bonchev–Trinajstić information content (AvgIpc) is 2.63. The topological polar surface area (TPSA) is 49.6 Å². The molecule has 0 saturated carbocycles. The molecule has 0 aromatic heterocycles. The molecule has 0 heterocycles. The molecule has 0 bridgehead atoms. The summed E-state index contributed by atoms with van der Waals surface area (Å²) in [5.74, 6) is 0. The second kappa shape index (κ2) is 9.87. The van der Waals surface area contributed by atoms with Crippen LogP contribution in [0.3, 0.4) is 0 Å². The van der Waals surface area contributed by atoms with E-state index in [0.717, 1.165) is 44.0 Å². The first kappa shape index (κ1) is 20.6. The summed E-state index contributed by atoms with van der Waals surface area (Å²) < 4.78 is 1.20. The molecule has 6 heteroatoms. The summed E-state index contributed by atoms with van der Waals surface area (Å²) in [5, 5.41) is 10.9. The largest absolute Gasteiger partial charge is 0.341 e. The number of hydrogen-bond donors (Lipinski definition) is 0. The van der Waals surface area contributed by atoms with E-state index >= 15 is 0 Å². The summed E-state index contributed by atoms with van der Waals surface area (Å²) in [6.07, 6.45) is 1.03. The van der Waals surface area contributed by atoms with Crippen molar-refractivity contribution in [2.24, 2.45) is 0 Å². The van der Waals surface area contributed by atoms with Gasteiger partial charge in [-0.05, 0) is 91.5 Å². The van der Waals surface area contributed by atoms with Gasteiger partial charge in [-0.15, -0.1) is 0 Å². The van der Waals surface area contributed by atoms with Crippen LogP contribution in [0, 0.1) is 20.6 Å². The zero-order valence-electron chi connectivity index (χ0n) is 15.6. The molecule has 0 atom stereocenters. The fourth-order valence-electron chi connectivity index (χ4n) is 3.06. The van der Waals surface area contributed by atoms with Crippen LogP contribution in [0.15, 0.2) is 42.5 Å². The van der Waals surface area contributed by atoms with Gasteiger partial charge >= 0.3 is 0 Å². The Hall–Kier alpha value is -1.67. The normalized spacial score (nSPS) is 11.0. The smallest absolute Gasteiger partial charge is 0.269 e. The quantitative estimate of drug-likeness (QED) is 0.282. The van der Waals surface area contributed by atoms with Crippen LogP contribution in [0.5, 0.6) is 0 Å². The van der Waals surface area contributed by atoms with E-state index in [9.17, 15) is 10.1 Å². The maximum Gasteiger partial charge on any atom is 0.269 e. The van der Waals surface area contributed by atoms with E-state index in [0.29, 0.717) is 0 Å². The number of aryl methyl sites for hydroxylation is 1. The Balaban J connectivity index is 2.27. The van der Waals surface area contributed by atoms with E-state index in [2.05, 4.69) is 71.4 Å². The summed E-state index contributed by atoms with van der Waals surface area (Å²) in [6.45, 7) is 10.5. The maximum atomic E-state index is 10.9. The van der Waals surface area contributed by atoms with Crippen molar-refractivity contribution in [1.82, 2.24) is 4.90 Å². The minimum atomic E-state index is -0.357. The molecule has 0 N–H and O–H groups in total. The van der Waals surface area contributed by atoms with Gasteiger partial charge in [0.2, 0.25) is 0 Å². The number of nitro groups is 1. The second-order valence-corrected chi connectivity index (χ2v) is 7.48. The lowest BCUT2D eigenvalue weighted by atomic mass is 10.1. The van der Waals surface area contributed by atoms with Crippen LogP contribution >= 0.6 is 22.6 Å². The number of nitrogens with zero attached hydrogens (tertiary/aromatic N) is 3. The van der Waals surface area contributed by atoms with Crippen molar-refractivity contribution >= 4 is 39.7 Å². The van der Waals surface area contributed by atoms with Crippen molar-refractivity contribution < 1.29 is 4.92 Å². The zero-order chi connectivity index (χ0) is 19.1. The number of hydrogen-bond acceptors (Lipinski definition) is 4. The maximum absolute atomic E-state index is 10.9. The van der Waals surface area contributed by atoms with Gasteiger partial charge in [0.15, 0.2) is 0 Å². The first-order valence-corrected chi connectivity index (χ1v) is 10.0. The Labute approximate surface area is 169 Å². The summed E-state index contributed by atoms with van der Waals surface area (Å²) in [5.41, 5.74) is 3.47. The predicted molar refractivity (Wildman–Crippen MR) is 116 cm³/mol. The van der Waals surface area contributed by atoms with Gasteiger partial charge in [-0.1, -0.05) is 13.8 Å². The van der Waals surface area contributed by atoms with Crippen LogP contribution in [0.25, 0.3) is 0 Å². The van der Waals surface area contributed by atoms with Crippen molar-refractivity contribution in [1.29, 1.82) is 0 Å². The number of halogens is 1. The highest BCUT2D eigenvalue weighted by molar-refractivity contribution is 14.1. The minimum Gasteiger partial charge on any atom is -0.341 e. The van der Waals surface area contributed by atoms with Gasteiger partial charge in [0.1, 0.15) is 0 Å². The number of non-ortho nitro benzene ring substituents is 1. The van der Waals surface area contributed by atoms with Crippen molar-refractivity contribution in [3.63, 3.8) is 0 Å². The van der Waals surface area contributed by atoms with Crippen molar-refractivity contribution in [3.8, 4) is 0 Å². The lowest BCUT2D eigenvalue weighted by Crippen LogP contribution is -2.28. The van der Waals surface area contributed by atoms with E-state index < -0.39 is 0 Å². The Morgan fingerprint density at radius 3 is 2.23 bits per heavy atom. The van der Waals surface area contributed by atoms with E-state index in [4.69, 9.17) is 0 Å². The summed E-state index contributed by atoms with van der Waals surface area (Å²) in [4.78, 5) is 15.3. The molecule has 0 aliphatic carbocycles. The van der Waals surface area contributed by atoms with Gasteiger partial charge in [-0.25, -0.2) is 0 Å². The first-order valence-electron chi connectivity index (χ1n) is 8.96. The molecule has 5 nitrogen and oxygen atoms in total. The molecule has 0 radical (unpaired) electrons. The molecular weight excluding hydrogens is 441 g/mol. The highest BCUT2D eigenvalue weighted by atomic mass is 127. The molecular formula is C20H26IN3O2. The van der Waals surface area contributed by atoms with Crippen LogP contribution in [0.4, 0.5) is 17.1 Å². The summed E-state index contributed by atoms with van der Waals surface area (Å²) in [6, 6.07) is 13.2. The molecule has 0 fully saturated rings. The molecule has 0 aliphatic heterocycles. The molecule has 2 rings (SSSR count). The number of benzene rings is 2. The van der Waals surface area contributed by atoms with Gasteiger partial charge in [-0.2, -0.15) is 0 Å². The number of nitro benzene ring substituents is 1. The molecule has 26 heavy (non-hydrogen) atoms. The van der Waals surface area contributed by atoms with Crippen molar-refractivity contribution in [3.05, 3.63) is 61.7 Å². The number of anilines is 2. The van der Waals surface area contributed by atoms with Gasteiger partial charge < -0.3 is 9.80 Å². The molecule has 0 aliphatic rings. The molecule has 0 unspecified atom stereocenters. The lowest BCUT2D eigenvalue weighted by molar-refractivity contribution is -0.384. The van der Waals surface area contributed by atoms with Crippen LogP contribution in [0.1, 0.15) is 25.8 Å². The fraction of sp³-hybridized carbons (Fsp3) is 0.400. The summed E-state index contributed by atoms with van der Waals surface area (Å²) >= 11 is 2.32. The molecule has 2 aromatic carbocycles. The van der Waals surface area contributed by atoms with Gasteiger partial charge in [0.05, 0.1) is 4.92 Å². The zero-order valence-corrected chi connectivity index (χ0v) is 17.8. The van der Waals surface area contributed by atoms with Crippen LogP contribution < -0.4 is 4.90 Å². The minimum absolute atomic E-state index is 0.121. The van der Waals surface area contributed by atoms with E-state index in [1.165, 1.54) is 9.13 Å². The predicted octanol–water partition coefficient (Wildman–Crippen LogP) is 5.38. The average molecular weight is 467 g/mol. The SMILES string of the molecule is CCN(CC)CCCN(c1ccc([N+](=O)[O-])cc1)c1ccc(I)cc1C. The Bertz CT molecular complexity index is 730. The molecule has 2 aromatic rings. The van der Waals surface area contributed by atoms with Gasteiger partial charge in [0, 0.05) is 33.6 Å². The molecule has 140 valence electrons. The number of rotatable bonds is 9. The highest BCUT2D eigenvalue weighted by Crippen LogP contribution is 2.30. The third-order valence-corrected chi connectivity index (χ3v) is 5.24. The summed E-state index contributed by atoms with van der Waals surface area (Å²) in [7, 11) is 0. The van der Waals surface area contributed by atoms with Gasteiger partial charge in [0.25, 0.3) is 5.69 Å². The van der Waals surface area contributed by atoms with Crippen molar-refractivity contribution in [2.45, 2.75) is 27.2 Å². The van der Waals surface area contributed by atoms with Crippen LogP contribution in [0.2, 0.25) is 0 Å². The molecule has 0 saturated heterocycles. The molecule has 0 amide bonds. The lowest BCUT2D eigenvalue weighted by Gasteiger charge is -2.28. The monoisotopic (exact) mass is 467 g/mol. The third-order valence-electron chi connectivity index (χ3n) is 4.57. The Morgan fingerprint density at radius 1 is 1.04 bits per heavy atom. The van der Waals surface area contributed by atoms with Crippen LogP contribution in [-0.4, -0.2) is 36.0 Å². The molecule has 0 spiro atoms. The van der Waals surface area contributed by atoms with E-state index in [-0.39, 0.29) is 10.6 Å². The highest BCUT2D eigenvalue weighted by Gasteiger charge is 2.14. The standard InChI is InChI=1S/C20H26IN3O2/c1-4-22(5-2)13-6-14-23(20-12-7-17(21)15-16(20)3)18-8-10-19(11-9-18)24(25)26/h7-12,15H,4-6,13-14H2,1-3H3. The Kier molecular flexibility index (Phi) is 7.84. The Morgan fingerprint density at radius 2 is 1.69 bits per heavy atom. The van der Waals surface area contributed by atoms with E-state index in [1.54, 1.807) is 12.1 Å². The van der Waals surface area contributed by atoms with Crippen LogP contribution in [-0.2, 0) is 0 Å². The van der Waals surface area contributed by atoms with Crippen molar-refractivity contribution in [2.75, 3.05) is 31.1 Å². The second-order valence-electron chi connectivity index (χ2n) is 6.24. The first-order chi connectivity index (χ1) is 12.5. The van der Waals surface area contributed by atoms with E-state index in [1.807, 2.05) is 12.1 Å². The third kappa shape index (κ3) is 5.41. The fourth-order valence-corrected chi connectivity index (χ4v) is 3.70.